The Morgan fingerprint density at radius 1 is 1.23 bits per heavy atom. The highest BCUT2D eigenvalue weighted by atomic mass is 16.1. The van der Waals surface area contributed by atoms with Crippen molar-refractivity contribution in [2.75, 3.05) is 0 Å². The zero-order chi connectivity index (χ0) is 9.26. The van der Waals surface area contributed by atoms with Crippen molar-refractivity contribution in [2.24, 2.45) is 0 Å². The highest BCUT2D eigenvalue weighted by Gasteiger charge is 1.97. The first-order valence-corrected chi connectivity index (χ1v) is 3.88. The average Bonchev–Trinajstić information content (AvgIpc) is 2.18. The summed E-state index contributed by atoms with van der Waals surface area (Å²) in [6.07, 6.45) is 2.33. The molecule has 2 rings (SSSR count). The molecule has 1 aromatic carbocycles. The second kappa shape index (κ2) is 2.86. The van der Waals surface area contributed by atoms with Crippen LogP contribution >= 0.6 is 0 Å². The Morgan fingerprint density at radius 3 is 2.85 bits per heavy atom. The fraction of sp³-hybridized carbons (Fsp3) is 0. The summed E-state index contributed by atoms with van der Waals surface area (Å²) in [4.78, 5) is 24.3. The van der Waals surface area contributed by atoms with Gasteiger partial charge in [0.2, 0.25) is 0 Å². The van der Waals surface area contributed by atoms with Gasteiger partial charge in [-0.05, 0) is 23.6 Å². The van der Waals surface area contributed by atoms with Crippen molar-refractivity contribution in [1.29, 1.82) is 0 Å². The van der Waals surface area contributed by atoms with Crippen LogP contribution < -0.4 is 5.56 Å². The lowest BCUT2D eigenvalue weighted by Gasteiger charge is -1.95. The molecule has 0 unspecified atom stereocenters. The number of carbonyl (C=O) groups excluding carboxylic acids is 1. The van der Waals surface area contributed by atoms with E-state index in [2.05, 4.69) is 4.98 Å². The van der Waals surface area contributed by atoms with E-state index in [4.69, 9.17) is 0 Å². The molecule has 0 amide bonds. The average molecular weight is 173 g/mol. The molecule has 64 valence electrons. The smallest absolute Gasteiger partial charge is 0.255 e. The lowest BCUT2D eigenvalue weighted by atomic mass is 10.1. The van der Waals surface area contributed by atoms with Crippen LogP contribution in [0.3, 0.4) is 0 Å². The van der Waals surface area contributed by atoms with E-state index in [1.54, 1.807) is 30.5 Å². The summed E-state index contributed by atoms with van der Waals surface area (Å²) in [5, 5.41) is 1.39. The quantitative estimate of drug-likeness (QED) is 0.661. The van der Waals surface area contributed by atoms with Gasteiger partial charge < -0.3 is 4.98 Å². The Morgan fingerprint density at radius 2 is 2.08 bits per heavy atom. The van der Waals surface area contributed by atoms with Crippen LogP contribution in [0.5, 0.6) is 0 Å². The first kappa shape index (κ1) is 7.73. The number of nitrogens with one attached hydrogen (secondary N) is 1. The van der Waals surface area contributed by atoms with E-state index in [9.17, 15) is 9.59 Å². The Kier molecular flexibility index (Phi) is 1.70. The Balaban J connectivity index is 2.87. The number of aromatic nitrogens is 1. The van der Waals surface area contributed by atoms with Crippen LogP contribution in [-0.4, -0.2) is 11.3 Å². The summed E-state index contributed by atoms with van der Waals surface area (Å²) in [7, 11) is 0. The van der Waals surface area contributed by atoms with Crippen LogP contribution in [0.25, 0.3) is 10.8 Å². The molecule has 0 aliphatic rings. The minimum Gasteiger partial charge on any atom is -0.329 e. The van der Waals surface area contributed by atoms with Gasteiger partial charge in [-0.2, -0.15) is 0 Å². The van der Waals surface area contributed by atoms with Crippen LogP contribution in [0.4, 0.5) is 0 Å². The molecule has 0 radical (unpaired) electrons. The number of aldehydes is 1. The predicted octanol–water partition coefficient (Wildman–Crippen LogP) is 1.34. The first-order chi connectivity index (χ1) is 6.31. The lowest BCUT2D eigenvalue weighted by molar-refractivity contribution is 0.112. The molecular formula is C10H7NO2. The molecule has 0 aliphatic heterocycles. The molecule has 1 N–H and O–H groups in total. The van der Waals surface area contributed by atoms with Gasteiger partial charge in [-0.3, -0.25) is 9.59 Å². The highest BCUT2D eigenvalue weighted by Crippen LogP contribution is 2.09. The number of aromatic amines is 1. The zero-order valence-electron chi connectivity index (χ0n) is 6.78. The van der Waals surface area contributed by atoms with Crippen molar-refractivity contribution >= 4 is 17.1 Å². The molecule has 13 heavy (non-hydrogen) atoms. The lowest BCUT2D eigenvalue weighted by Crippen LogP contribution is -2.04. The Hall–Kier alpha value is -1.90. The highest BCUT2D eigenvalue weighted by molar-refractivity contribution is 5.88. The van der Waals surface area contributed by atoms with E-state index < -0.39 is 0 Å². The van der Waals surface area contributed by atoms with Crippen LogP contribution in [0, 0.1) is 0 Å². The molecule has 0 bridgehead atoms. The Bertz CT molecular complexity index is 514. The van der Waals surface area contributed by atoms with Gasteiger partial charge in [0.05, 0.1) is 0 Å². The first-order valence-electron chi connectivity index (χ1n) is 3.88. The number of carbonyl (C=O) groups is 1. The standard InChI is InChI=1S/C10H7NO2/c12-6-7-1-2-9-8(5-7)3-4-11-10(9)13/h1-6H,(H,11,13). The SMILES string of the molecule is O=Cc1ccc2c(=O)[nH]ccc2c1. The molecular weight excluding hydrogens is 166 g/mol. The predicted molar refractivity (Wildman–Crippen MR) is 50.0 cm³/mol. The summed E-state index contributed by atoms with van der Waals surface area (Å²) in [5.74, 6) is 0. The van der Waals surface area contributed by atoms with Crippen LogP contribution in [0.1, 0.15) is 10.4 Å². The molecule has 1 aromatic heterocycles. The normalized spacial score (nSPS) is 10.2. The van der Waals surface area contributed by atoms with Gasteiger partial charge in [-0.1, -0.05) is 6.07 Å². The number of pyridine rings is 1. The molecule has 0 aliphatic carbocycles. The van der Waals surface area contributed by atoms with Crippen LogP contribution in [0.15, 0.2) is 35.3 Å². The van der Waals surface area contributed by atoms with E-state index in [0.29, 0.717) is 10.9 Å². The van der Waals surface area contributed by atoms with Gasteiger partial charge >= 0.3 is 0 Å². The van der Waals surface area contributed by atoms with Crippen molar-refractivity contribution in [1.82, 2.24) is 4.98 Å². The summed E-state index contributed by atoms with van der Waals surface area (Å²) in [6.45, 7) is 0. The molecule has 2 aromatic rings. The minimum atomic E-state index is -0.130. The van der Waals surface area contributed by atoms with Crippen molar-refractivity contribution in [3.05, 3.63) is 46.4 Å². The van der Waals surface area contributed by atoms with Gasteiger partial charge in [0, 0.05) is 17.1 Å². The van der Waals surface area contributed by atoms with Gasteiger partial charge in [-0.25, -0.2) is 0 Å². The molecule has 3 heteroatoms. The van der Waals surface area contributed by atoms with E-state index in [1.807, 2.05) is 0 Å². The van der Waals surface area contributed by atoms with Gasteiger partial charge in [0.15, 0.2) is 0 Å². The monoisotopic (exact) mass is 173 g/mol. The topological polar surface area (TPSA) is 49.9 Å². The number of benzene rings is 1. The van der Waals surface area contributed by atoms with E-state index in [0.717, 1.165) is 11.7 Å². The summed E-state index contributed by atoms with van der Waals surface area (Å²) < 4.78 is 0. The maximum Gasteiger partial charge on any atom is 0.255 e. The van der Waals surface area contributed by atoms with E-state index >= 15 is 0 Å². The molecule has 0 saturated carbocycles. The Labute approximate surface area is 74.0 Å². The second-order valence-electron chi connectivity index (χ2n) is 2.77. The number of H-pyrrole nitrogens is 1. The molecule has 3 nitrogen and oxygen atoms in total. The van der Waals surface area contributed by atoms with Crippen molar-refractivity contribution < 1.29 is 4.79 Å². The van der Waals surface area contributed by atoms with Crippen LogP contribution in [-0.2, 0) is 0 Å². The van der Waals surface area contributed by atoms with Crippen molar-refractivity contribution in [3.63, 3.8) is 0 Å². The second-order valence-corrected chi connectivity index (χ2v) is 2.77. The molecule has 0 spiro atoms. The minimum absolute atomic E-state index is 0.130. The third-order valence-corrected chi connectivity index (χ3v) is 1.93. The molecule has 0 saturated heterocycles. The van der Waals surface area contributed by atoms with E-state index in [1.165, 1.54) is 0 Å². The van der Waals surface area contributed by atoms with Gasteiger partial charge in [0.1, 0.15) is 6.29 Å². The van der Waals surface area contributed by atoms with Crippen molar-refractivity contribution in [2.45, 2.75) is 0 Å². The third-order valence-electron chi connectivity index (χ3n) is 1.93. The maximum absolute atomic E-state index is 11.2. The van der Waals surface area contributed by atoms with E-state index in [-0.39, 0.29) is 5.56 Å². The number of hydrogen-bond acceptors (Lipinski definition) is 2. The van der Waals surface area contributed by atoms with Crippen LogP contribution in [0.2, 0.25) is 0 Å². The van der Waals surface area contributed by atoms with Crippen molar-refractivity contribution in [3.8, 4) is 0 Å². The molecule has 0 atom stereocenters. The fourth-order valence-corrected chi connectivity index (χ4v) is 1.28. The zero-order valence-corrected chi connectivity index (χ0v) is 6.78. The largest absolute Gasteiger partial charge is 0.329 e. The van der Waals surface area contributed by atoms with Gasteiger partial charge in [0.25, 0.3) is 5.56 Å². The maximum atomic E-state index is 11.2. The fourth-order valence-electron chi connectivity index (χ4n) is 1.28. The summed E-state index contributed by atoms with van der Waals surface area (Å²) >= 11 is 0. The number of hydrogen-bond donors (Lipinski definition) is 1. The molecule has 0 fully saturated rings. The summed E-state index contributed by atoms with van der Waals surface area (Å²) in [6, 6.07) is 6.74. The van der Waals surface area contributed by atoms with Gasteiger partial charge in [-0.15, -0.1) is 0 Å². The third kappa shape index (κ3) is 1.24. The molecule has 1 heterocycles. The number of fused-ring (bicyclic) bond motifs is 1. The summed E-state index contributed by atoms with van der Waals surface area (Å²) in [5.41, 5.74) is 0.452. The number of rotatable bonds is 1.